The van der Waals surface area contributed by atoms with Gasteiger partial charge in [0.15, 0.2) is 11.5 Å². The molecule has 0 unspecified atom stereocenters. The lowest BCUT2D eigenvalue weighted by Gasteiger charge is -2.36. The van der Waals surface area contributed by atoms with Crippen LogP contribution >= 0.6 is 11.6 Å². The van der Waals surface area contributed by atoms with Crippen molar-refractivity contribution in [3.63, 3.8) is 0 Å². The number of hydrogen-bond acceptors (Lipinski definition) is 3. The first-order chi connectivity index (χ1) is 14.7. The topological polar surface area (TPSA) is 27.7 Å². The van der Waals surface area contributed by atoms with E-state index in [0.717, 1.165) is 11.1 Å². The van der Waals surface area contributed by atoms with E-state index in [1.54, 1.807) is 0 Å². The van der Waals surface area contributed by atoms with Crippen molar-refractivity contribution < 1.29 is 13.9 Å². The minimum Gasteiger partial charge on any atom is -0.543 e. The van der Waals surface area contributed by atoms with Gasteiger partial charge < -0.3 is 13.9 Å². The number of benzene rings is 3. The normalized spacial score (nSPS) is 11.8. The Kier molecular flexibility index (Phi) is 7.34. The van der Waals surface area contributed by atoms with E-state index < -0.39 is 8.32 Å². The van der Waals surface area contributed by atoms with Crippen LogP contribution in [-0.2, 0) is 13.2 Å². The van der Waals surface area contributed by atoms with Gasteiger partial charge in [0.25, 0.3) is 0 Å². The van der Waals surface area contributed by atoms with Crippen molar-refractivity contribution in [1.82, 2.24) is 0 Å². The first-order valence-electron chi connectivity index (χ1n) is 10.5. The zero-order chi connectivity index (χ0) is 22.5. The van der Waals surface area contributed by atoms with Crippen molar-refractivity contribution in [1.29, 1.82) is 0 Å². The first kappa shape index (κ1) is 23.2. The summed E-state index contributed by atoms with van der Waals surface area (Å²) in [6.07, 6.45) is 0. The van der Waals surface area contributed by atoms with Gasteiger partial charge in [-0.2, -0.15) is 0 Å². The molecule has 0 bridgehead atoms. The summed E-state index contributed by atoms with van der Waals surface area (Å²) in [4.78, 5) is 0. The lowest BCUT2D eigenvalue weighted by molar-refractivity contribution is 0.255. The fourth-order valence-corrected chi connectivity index (χ4v) is 4.03. The van der Waals surface area contributed by atoms with Crippen LogP contribution in [0.3, 0.4) is 0 Å². The van der Waals surface area contributed by atoms with Gasteiger partial charge in [0.1, 0.15) is 19.0 Å². The van der Waals surface area contributed by atoms with E-state index in [-0.39, 0.29) is 5.04 Å². The molecule has 3 nitrogen and oxygen atoms in total. The van der Waals surface area contributed by atoms with Crippen LogP contribution in [-0.4, -0.2) is 8.32 Å². The summed E-state index contributed by atoms with van der Waals surface area (Å²) in [6.45, 7) is 11.9. The number of halogens is 1. The number of hydrogen-bond donors (Lipinski definition) is 0. The molecule has 3 rings (SSSR count). The van der Waals surface area contributed by atoms with E-state index in [1.807, 2.05) is 72.8 Å². The largest absolute Gasteiger partial charge is 0.543 e. The first-order valence-corrected chi connectivity index (χ1v) is 13.8. The summed E-state index contributed by atoms with van der Waals surface area (Å²) < 4.78 is 18.7. The third-order valence-corrected chi connectivity index (χ3v) is 10.3. The third kappa shape index (κ3) is 6.28. The van der Waals surface area contributed by atoms with E-state index in [1.165, 1.54) is 0 Å². The lowest BCUT2D eigenvalue weighted by atomic mass is 10.2. The minimum atomic E-state index is -2.02. The number of rotatable bonds is 8. The molecule has 0 aliphatic heterocycles. The number of ether oxygens (including phenoxy) is 2. The summed E-state index contributed by atoms with van der Waals surface area (Å²) in [5, 5.41) is 0.558. The molecule has 0 radical (unpaired) electrons. The quantitative estimate of drug-likeness (QED) is 0.324. The average Bonchev–Trinajstić information content (AvgIpc) is 2.72. The highest BCUT2D eigenvalue weighted by Crippen LogP contribution is 2.43. The fourth-order valence-electron chi connectivity index (χ4n) is 2.76. The molecule has 3 aromatic rings. The molecular formula is C26H31ClO3Si. The second kappa shape index (κ2) is 9.80. The van der Waals surface area contributed by atoms with E-state index in [9.17, 15) is 0 Å². The van der Waals surface area contributed by atoms with Gasteiger partial charge in [-0.25, -0.2) is 0 Å². The molecule has 31 heavy (non-hydrogen) atoms. The Hall–Kier alpha value is -2.43. The predicted molar refractivity (Wildman–Crippen MR) is 131 cm³/mol. The molecule has 0 aliphatic rings. The second-order valence-electron chi connectivity index (χ2n) is 9.14. The Morgan fingerprint density at radius 2 is 1.29 bits per heavy atom. The van der Waals surface area contributed by atoms with Crippen LogP contribution in [0.2, 0.25) is 23.2 Å². The lowest BCUT2D eigenvalue weighted by Crippen LogP contribution is -2.43. The molecule has 0 amide bonds. The van der Waals surface area contributed by atoms with Crippen LogP contribution in [0.25, 0.3) is 0 Å². The van der Waals surface area contributed by atoms with Crippen LogP contribution < -0.4 is 13.9 Å². The zero-order valence-corrected chi connectivity index (χ0v) is 20.7. The maximum absolute atomic E-state index is 6.66. The molecule has 3 aromatic carbocycles. The Morgan fingerprint density at radius 1 is 0.774 bits per heavy atom. The van der Waals surface area contributed by atoms with E-state index in [2.05, 4.69) is 33.9 Å². The van der Waals surface area contributed by atoms with Crippen LogP contribution in [0.5, 0.6) is 17.2 Å². The summed E-state index contributed by atoms with van der Waals surface area (Å²) in [6, 6.07) is 23.8. The summed E-state index contributed by atoms with van der Waals surface area (Å²) >= 11 is 6.66. The molecule has 0 N–H and O–H groups in total. The highest BCUT2D eigenvalue weighted by molar-refractivity contribution is 6.74. The maximum Gasteiger partial charge on any atom is 0.250 e. The highest BCUT2D eigenvalue weighted by atomic mass is 35.5. The molecule has 0 atom stereocenters. The van der Waals surface area contributed by atoms with Crippen molar-refractivity contribution in [3.05, 3.63) is 88.9 Å². The van der Waals surface area contributed by atoms with Gasteiger partial charge >= 0.3 is 0 Å². The summed E-state index contributed by atoms with van der Waals surface area (Å²) in [5.41, 5.74) is 2.14. The molecule has 0 aliphatic carbocycles. The van der Waals surface area contributed by atoms with Gasteiger partial charge in [-0.1, -0.05) is 93.0 Å². The minimum absolute atomic E-state index is 0.0764. The molecule has 0 aromatic heterocycles. The average molecular weight is 455 g/mol. The van der Waals surface area contributed by atoms with Gasteiger partial charge in [0.2, 0.25) is 8.32 Å². The molecule has 0 saturated carbocycles. The van der Waals surface area contributed by atoms with Crippen LogP contribution in [0, 0.1) is 0 Å². The Bertz CT molecular complexity index is 983. The molecule has 0 fully saturated rings. The van der Waals surface area contributed by atoms with Gasteiger partial charge in [-0.3, -0.25) is 0 Å². The SMILES string of the molecule is CC(C)(C)[Si](C)(C)Oc1cc(Cl)c(OCc2ccccc2)c(OCc2ccccc2)c1. The molecular weight excluding hydrogens is 424 g/mol. The molecule has 164 valence electrons. The van der Waals surface area contributed by atoms with Crippen molar-refractivity contribution in [2.45, 2.75) is 52.1 Å². The molecule has 0 heterocycles. The third-order valence-electron chi connectivity index (χ3n) is 5.63. The Balaban J connectivity index is 1.88. The summed E-state index contributed by atoms with van der Waals surface area (Å²) in [5.74, 6) is 1.83. The van der Waals surface area contributed by atoms with Crippen molar-refractivity contribution in [2.75, 3.05) is 0 Å². The van der Waals surface area contributed by atoms with Crippen LogP contribution in [0.4, 0.5) is 0 Å². The smallest absolute Gasteiger partial charge is 0.250 e. The van der Waals surface area contributed by atoms with Crippen molar-refractivity contribution in [2.24, 2.45) is 0 Å². The van der Waals surface area contributed by atoms with Gasteiger partial charge in [-0.15, -0.1) is 0 Å². The Labute approximate surface area is 192 Å². The molecule has 5 heteroatoms. The van der Waals surface area contributed by atoms with Gasteiger partial charge in [-0.05, 0) is 29.3 Å². The van der Waals surface area contributed by atoms with Gasteiger partial charge in [0, 0.05) is 12.1 Å². The second-order valence-corrected chi connectivity index (χ2v) is 14.3. The van der Waals surface area contributed by atoms with Gasteiger partial charge in [0.05, 0.1) is 5.02 Å². The highest BCUT2D eigenvalue weighted by Gasteiger charge is 2.39. The Morgan fingerprint density at radius 3 is 1.81 bits per heavy atom. The van der Waals surface area contributed by atoms with E-state index in [4.69, 9.17) is 25.5 Å². The van der Waals surface area contributed by atoms with Crippen molar-refractivity contribution >= 4 is 19.9 Å². The fraction of sp³-hybridized carbons (Fsp3) is 0.308. The van der Waals surface area contributed by atoms with Crippen LogP contribution in [0.15, 0.2) is 72.8 Å². The molecule has 0 saturated heterocycles. The van der Waals surface area contributed by atoms with E-state index in [0.29, 0.717) is 35.5 Å². The van der Waals surface area contributed by atoms with E-state index >= 15 is 0 Å². The van der Waals surface area contributed by atoms with Crippen molar-refractivity contribution in [3.8, 4) is 17.2 Å². The summed E-state index contributed by atoms with van der Waals surface area (Å²) in [7, 11) is -2.02. The molecule has 0 spiro atoms. The monoisotopic (exact) mass is 454 g/mol. The standard InChI is InChI=1S/C26H31ClO3Si/c1-26(2,3)31(4,5)30-22-16-23(27)25(29-19-21-14-10-7-11-15-21)24(17-22)28-18-20-12-8-6-9-13-20/h6-17H,18-19H2,1-5H3. The maximum atomic E-state index is 6.66. The van der Waals surface area contributed by atoms with Crippen LogP contribution in [0.1, 0.15) is 31.9 Å². The predicted octanol–water partition coefficient (Wildman–Crippen LogP) is 7.88. The zero-order valence-electron chi connectivity index (χ0n) is 18.9.